The standard InChI is InChI=1S/C26H30N4O/c1-18-15-30(16-18)17-19-2-4-20(5-3-19)26(31)12-24-11-23-10-21(6-7-22(23)13-29-24)25-14-27-8-9-28-25/h6-11,13-14,18-20H,2-5,12,15-17H2,1H3. The number of carbonyl (C=O) groups excluding carboxylic acids is 1. The first-order chi connectivity index (χ1) is 15.1. The van der Waals surface area contributed by atoms with Crippen molar-refractivity contribution < 1.29 is 4.79 Å². The Balaban J connectivity index is 1.21. The topological polar surface area (TPSA) is 59.0 Å². The Morgan fingerprint density at radius 2 is 1.84 bits per heavy atom. The highest BCUT2D eigenvalue weighted by Gasteiger charge is 2.30. The van der Waals surface area contributed by atoms with Gasteiger partial charge in [-0.15, -0.1) is 0 Å². The number of Topliss-reactive ketones (excluding diaryl/α,β-unsaturated/α-hetero) is 1. The van der Waals surface area contributed by atoms with Gasteiger partial charge in [-0.25, -0.2) is 0 Å². The van der Waals surface area contributed by atoms with E-state index in [0.29, 0.717) is 12.2 Å². The summed E-state index contributed by atoms with van der Waals surface area (Å²) in [6.07, 6.45) is 11.9. The van der Waals surface area contributed by atoms with Crippen LogP contribution in [0, 0.1) is 17.8 Å². The van der Waals surface area contributed by atoms with E-state index in [1.807, 2.05) is 12.3 Å². The van der Waals surface area contributed by atoms with Crippen LogP contribution in [0.4, 0.5) is 0 Å². The minimum Gasteiger partial charge on any atom is -0.302 e. The number of likely N-dealkylation sites (tertiary alicyclic amines) is 1. The average Bonchev–Trinajstić information content (AvgIpc) is 2.78. The number of carbonyl (C=O) groups is 1. The molecule has 1 saturated heterocycles. The second kappa shape index (κ2) is 8.83. The maximum Gasteiger partial charge on any atom is 0.141 e. The number of rotatable bonds is 6. The highest BCUT2D eigenvalue weighted by atomic mass is 16.1. The molecule has 1 aliphatic carbocycles. The zero-order chi connectivity index (χ0) is 21.2. The molecule has 1 aliphatic heterocycles. The van der Waals surface area contributed by atoms with Crippen LogP contribution in [0.5, 0.6) is 0 Å². The molecular formula is C26H30N4O. The van der Waals surface area contributed by atoms with E-state index in [0.717, 1.165) is 52.4 Å². The quantitative estimate of drug-likeness (QED) is 0.592. The second-order valence-corrected chi connectivity index (χ2v) is 9.51. The third-order valence-electron chi connectivity index (χ3n) is 6.95. The van der Waals surface area contributed by atoms with Crippen LogP contribution < -0.4 is 0 Å². The van der Waals surface area contributed by atoms with E-state index >= 15 is 0 Å². The molecule has 0 atom stereocenters. The van der Waals surface area contributed by atoms with Crippen molar-refractivity contribution in [3.63, 3.8) is 0 Å². The smallest absolute Gasteiger partial charge is 0.141 e. The van der Waals surface area contributed by atoms with Crippen LogP contribution >= 0.6 is 0 Å². The zero-order valence-electron chi connectivity index (χ0n) is 18.2. The third-order valence-corrected chi connectivity index (χ3v) is 6.95. The predicted molar refractivity (Wildman–Crippen MR) is 123 cm³/mol. The Morgan fingerprint density at radius 1 is 1.00 bits per heavy atom. The van der Waals surface area contributed by atoms with Crippen LogP contribution in [0.3, 0.4) is 0 Å². The third kappa shape index (κ3) is 4.67. The Hall–Kier alpha value is -2.66. The number of nitrogens with zero attached hydrogens (tertiary/aromatic N) is 4. The fourth-order valence-electron chi connectivity index (χ4n) is 5.22. The van der Waals surface area contributed by atoms with Gasteiger partial charge in [0.05, 0.1) is 11.9 Å². The molecule has 5 nitrogen and oxygen atoms in total. The fraction of sp³-hybridized carbons (Fsp3) is 0.462. The van der Waals surface area contributed by atoms with E-state index in [-0.39, 0.29) is 5.92 Å². The van der Waals surface area contributed by atoms with Gasteiger partial charge < -0.3 is 4.90 Å². The molecule has 0 amide bonds. The summed E-state index contributed by atoms with van der Waals surface area (Å²) in [5.41, 5.74) is 2.74. The molecule has 0 bridgehead atoms. The first-order valence-electron chi connectivity index (χ1n) is 11.5. The predicted octanol–water partition coefficient (Wildman–Crippen LogP) is 4.56. The molecule has 2 fully saturated rings. The molecule has 0 spiro atoms. The minimum atomic E-state index is 0.204. The van der Waals surface area contributed by atoms with Crippen molar-refractivity contribution in [3.05, 3.63) is 54.7 Å². The zero-order valence-corrected chi connectivity index (χ0v) is 18.2. The van der Waals surface area contributed by atoms with Gasteiger partial charge in [0.2, 0.25) is 0 Å². The number of pyridine rings is 1. The number of hydrogen-bond acceptors (Lipinski definition) is 5. The molecule has 3 heterocycles. The number of benzene rings is 1. The minimum absolute atomic E-state index is 0.204. The fourth-order valence-corrected chi connectivity index (χ4v) is 5.22. The van der Waals surface area contributed by atoms with E-state index in [4.69, 9.17) is 0 Å². The number of fused-ring (bicyclic) bond motifs is 1. The van der Waals surface area contributed by atoms with Gasteiger partial charge in [0.25, 0.3) is 0 Å². The van der Waals surface area contributed by atoms with Crippen molar-refractivity contribution in [2.45, 2.75) is 39.0 Å². The van der Waals surface area contributed by atoms with Crippen molar-refractivity contribution >= 4 is 16.6 Å². The van der Waals surface area contributed by atoms with Crippen LogP contribution in [0.1, 0.15) is 38.3 Å². The van der Waals surface area contributed by atoms with Crippen molar-refractivity contribution in [3.8, 4) is 11.3 Å². The van der Waals surface area contributed by atoms with Crippen LogP contribution in [0.25, 0.3) is 22.0 Å². The summed E-state index contributed by atoms with van der Waals surface area (Å²) in [5.74, 6) is 2.20. The summed E-state index contributed by atoms with van der Waals surface area (Å²) >= 11 is 0. The summed E-state index contributed by atoms with van der Waals surface area (Å²) in [4.78, 5) is 28.7. The van der Waals surface area contributed by atoms with Gasteiger partial charge in [-0.1, -0.05) is 19.1 Å². The van der Waals surface area contributed by atoms with E-state index < -0.39 is 0 Å². The number of hydrogen-bond donors (Lipinski definition) is 0. The Labute approximate surface area is 183 Å². The highest BCUT2D eigenvalue weighted by Crippen LogP contribution is 2.32. The molecule has 2 aliphatic rings. The molecule has 5 rings (SSSR count). The molecule has 5 heteroatoms. The lowest BCUT2D eigenvalue weighted by atomic mass is 9.78. The van der Waals surface area contributed by atoms with Crippen molar-refractivity contribution in [1.29, 1.82) is 0 Å². The molecule has 3 aromatic rings. The van der Waals surface area contributed by atoms with Crippen molar-refractivity contribution in [2.75, 3.05) is 19.6 Å². The molecule has 160 valence electrons. The van der Waals surface area contributed by atoms with Crippen LogP contribution in [-0.4, -0.2) is 45.3 Å². The van der Waals surface area contributed by atoms with E-state index in [2.05, 4.69) is 45.0 Å². The van der Waals surface area contributed by atoms with Crippen molar-refractivity contribution in [1.82, 2.24) is 19.9 Å². The van der Waals surface area contributed by atoms with E-state index in [9.17, 15) is 4.79 Å². The van der Waals surface area contributed by atoms with Gasteiger partial charge in [-0.05, 0) is 55.0 Å². The summed E-state index contributed by atoms with van der Waals surface area (Å²) in [6, 6.07) is 8.26. The van der Waals surface area contributed by atoms with Gasteiger partial charge in [0.1, 0.15) is 5.78 Å². The molecule has 1 aromatic carbocycles. The average molecular weight is 415 g/mol. The molecule has 31 heavy (non-hydrogen) atoms. The van der Waals surface area contributed by atoms with Gasteiger partial charge in [0.15, 0.2) is 0 Å². The van der Waals surface area contributed by atoms with Crippen LogP contribution in [0.15, 0.2) is 49.1 Å². The monoisotopic (exact) mass is 414 g/mol. The second-order valence-electron chi connectivity index (χ2n) is 9.51. The molecule has 0 N–H and O–H groups in total. The van der Waals surface area contributed by atoms with Gasteiger partial charge in [-0.2, -0.15) is 0 Å². The Bertz CT molecular complexity index is 1050. The maximum atomic E-state index is 13.0. The lowest BCUT2D eigenvalue weighted by Gasteiger charge is -2.40. The maximum absolute atomic E-state index is 13.0. The lowest BCUT2D eigenvalue weighted by molar-refractivity contribution is -0.123. The summed E-state index contributed by atoms with van der Waals surface area (Å²) in [5, 5.41) is 2.16. The van der Waals surface area contributed by atoms with Crippen molar-refractivity contribution in [2.24, 2.45) is 17.8 Å². The molecule has 0 unspecified atom stereocenters. The first-order valence-corrected chi connectivity index (χ1v) is 11.5. The summed E-state index contributed by atoms with van der Waals surface area (Å²) in [7, 11) is 0. The summed E-state index contributed by atoms with van der Waals surface area (Å²) in [6.45, 7) is 6.06. The molecular weight excluding hydrogens is 384 g/mol. The van der Waals surface area contributed by atoms with Gasteiger partial charge >= 0.3 is 0 Å². The van der Waals surface area contributed by atoms with Crippen LogP contribution in [-0.2, 0) is 11.2 Å². The van der Waals surface area contributed by atoms with E-state index in [1.54, 1.807) is 18.6 Å². The normalized spacial score (nSPS) is 22.4. The van der Waals surface area contributed by atoms with Gasteiger partial charge in [-0.3, -0.25) is 19.7 Å². The Morgan fingerprint density at radius 3 is 2.58 bits per heavy atom. The van der Waals surface area contributed by atoms with Crippen LogP contribution in [0.2, 0.25) is 0 Å². The molecule has 0 radical (unpaired) electrons. The number of ketones is 1. The lowest BCUT2D eigenvalue weighted by Crippen LogP contribution is -2.47. The largest absolute Gasteiger partial charge is 0.302 e. The molecule has 2 aromatic heterocycles. The number of aromatic nitrogens is 3. The Kier molecular flexibility index (Phi) is 5.77. The molecule has 1 saturated carbocycles. The van der Waals surface area contributed by atoms with E-state index in [1.165, 1.54) is 32.5 Å². The SMILES string of the molecule is CC1CN(CC2CCC(C(=O)Cc3cc4cc(-c5cnccn5)ccc4cn3)CC2)C1. The first kappa shape index (κ1) is 20.3. The highest BCUT2D eigenvalue weighted by molar-refractivity contribution is 5.88. The van der Waals surface area contributed by atoms with Gasteiger partial charge in [0, 0.05) is 67.2 Å². The summed E-state index contributed by atoms with van der Waals surface area (Å²) < 4.78 is 0.